The van der Waals surface area contributed by atoms with Gasteiger partial charge < -0.3 is 4.57 Å². The van der Waals surface area contributed by atoms with E-state index in [4.69, 9.17) is 0 Å². The van der Waals surface area contributed by atoms with Crippen LogP contribution < -0.4 is 5.56 Å². The number of rotatable bonds is 4. The maximum atomic E-state index is 12.2. The summed E-state index contributed by atoms with van der Waals surface area (Å²) in [4.78, 5) is 23.7. The molecule has 3 heteroatoms. The lowest BCUT2D eigenvalue weighted by Gasteiger charge is -2.14. The smallest absolute Gasteiger partial charge is 0.261 e. The Hall–Kier alpha value is -1.38. The summed E-state index contributed by atoms with van der Waals surface area (Å²) in [6.45, 7) is 10.1. The lowest BCUT2D eigenvalue weighted by atomic mass is 10.1. The lowest BCUT2D eigenvalue weighted by molar-refractivity contribution is 0.101. The van der Waals surface area contributed by atoms with Crippen molar-refractivity contribution in [3.8, 4) is 0 Å². The maximum Gasteiger partial charge on any atom is 0.261 e. The maximum absolute atomic E-state index is 12.2. The Labute approximate surface area is 102 Å². The number of nitrogens with zero attached hydrogens (tertiary/aromatic N) is 1. The second kappa shape index (κ2) is 5.30. The fraction of sp³-hybridized carbons (Fsp3) is 0.571. The molecule has 0 aliphatic rings. The van der Waals surface area contributed by atoms with E-state index in [0.29, 0.717) is 18.0 Å². The molecule has 1 rings (SSSR count). The molecule has 0 radical (unpaired) electrons. The molecule has 0 N–H and O–H groups in total. The monoisotopic (exact) mass is 235 g/mol. The van der Waals surface area contributed by atoms with E-state index in [0.717, 1.165) is 17.7 Å². The Balaban J connectivity index is 3.26. The minimum Gasteiger partial charge on any atom is -0.312 e. The van der Waals surface area contributed by atoms with Crippen LogP contribution in [0.25, 0.3) is 0 Å². The van der Waals surface area contributed by atoms with Gasteiger partial charge in [0.1, 0.15) is 0 Å². The molecule has 0 unspecified atom stereocenters. The highest BCUT2D eigenvalue weighted by Gasteiger charge is 2.13. The van der Waals surface area contributed by atoms with Crippen molar-refractivity contribution in [3.63, 3.8) is 0 Å². The quantitative estimate of drug-likeness (QED) is 0.753. The average molecular weight is 235 g/mol. The van der Waals surface area contributed by atoms with Crippen LogP contribution in [0.15, 0.2) is 10.9 Å². The molecule has 1 aromatic heterocycles. The minimum absolute atomic E-state index is 0.143. The molecule has 1 aromatic rings. The highest BCUT2D eigenvalue weighted by molar-refractivity contribution is 5.95. The molecule has 0 fully saturated rings. The minimum atomic E-state index is -0.147. The van der Waals surface area contributed by atoms with Gasteiger partial charge in [0.05, 0.1) is 5.56 Å². The number of ketones is 1. The molecule has 17 heavy (non-hydrogen) atoms. The zero-order chi connectivity index (χ0) is 13.2. The summed E-state index contributed by atoms with van der Waals surface area (Å²) in [5, 5.41) is 0. The summed E-state index contributed by atoms with van der Waals surface area (Å²) >= 11 is 0. The first kappa shape index (κ1) is 13.7. The average Bonchev–Trinajstić information content (AvgIpc) is 2.14. The van der Waals surface area contributed by atoms with Gasteiger partial charge in [-0.05, 0) is 44.7 Å². The molecule has 0 aliphatic heterocycles. The Morgan fingerprint density at radius 1 is 1.35 bits per heavy atom. The van der Waals surface area contributed by atoms with Gasteiger partial charge in [0.15, 0.2) is 5.78 Å². The van der Waals surface area contributed by atoms with Crippen LogP contribution in [0.5, 0.6) is 0 Å². The zero-order valence-electron chi connectivity index (χ0n) is 11.3. The van der Waals surface area contributed by atoms with Gasteiger partial charge in [0.25, 0.3) is 5.56 Å². The van der Waals surface area contributed by atoms with Gasteiger partial charge >= 0.3 is 0 Å². The van der Waals surface area contributed by atoms with E-state index in [-0.39, 0.29) is 11.3 Å². The van der Waals surface area contributed by atoms with Crippen LogP contribution in [0.2, 0.25) is 0 Å². The van der Waals surface area contributed by atoms with Crippen LogP contribution in [-0.4, -0.2) is 10.4 Å². The first-order chi connectivity index (χ1) is 7.84. The molecule has 0 aliphatic carbocycles. The second-order valence-electron chi connectivity index (χ2n) is 5.04. The van der Waals surface area contributed by atoms with Crippen LogP contribution >= 0.6 is 0 Å². The van der Waals surface area contributed by atoms with Crippen molar-refractivity contribution < 1.29 is 4.79 Å². The normalized spacial score (nSPS) is 10.9. The van der Waals surface area contributed by atoms with Crippen LogP contribution in [0, 0.1) is 19.8 Å². The molecule has 0 aromatic carbocycles. The number of Topliss-reactive ketones (excluding diaryl/α,β-unsaturated/α-hetero) is 1. The van der Waals surface area contributed by atoms with Gasteiger partial charge in [-0.1, -0.05) is 13.8 Å². The van der Waals surface area contributed by atoms with Gasteiger partial charge in [-0.3, -0.25) is 9.59 Å². The van der Waals surface area contributed by atoms with Crippen molar-refractivity contribution in [1.82, 2.24) is 4.57 Å². The van der Waals surface area contributed by atoms with Gasteiger partial charge in [0, 0.05) is 12.2 Å². The predicted octanol–water partition coefficient (Wildman–Crippen LogP) is 2.71. The summed E-state index contributed by atoms with van der Waals surface area (Å²) < 4.78 is 1.71. The highest BCUT2D eigenvalue weighted by Crippen LogP contribution is 2.09. The summed E-state index contributed by atoms with van der Waals surface area (Å²) in [5.74, 6) is 0.397. The lowest BCUT2D eigenvalue weighted by Crippen LogP contribution is -2.29. The SMILES string of the molecule is CC(=O)c1c(C)cc(C)n(CCC(C)C)c1=O. The molecule has 0 atom stereocenters. The third kappa shape index (κ3) is 3.05. The number of aryl methyl sites for hydroxylation is 2. The number of carbonyl (C=O) groups is 1. The number of pyridine rings is 1. The first-order valence-electron chi connectivity index (χ1n) is 6.06. The van der Waals surface area contributed by atoms with Crippen LogP contribution in [0.4, 0.5) is 0 Å². The summed E-state index contributed by atoms with van der Waals surface area (Å²) in [6.07, 6.45) is 0.946. The fourth-order valence-corrected chi connectivity index (χ4v) is 2.02. The van der Waals surface area contributed by atoms with Gasteiger partial charge in [0.2, 0.25) is 0 Å². The second-order valence-corrected chi connectivity index (χ2v) is 5.04. The molecule has 0 spiro atoms. The van der Waals surface area contributed by atoms with E-state index in [1.807, 2.05) is 19.9 Å². The molecule has 1 heterocycles. The van der Waals surface area contributed by atoms with E-state index >= 15 is 0 Å². The van der Waals surface area contributed by atoms with E-state index in [2.05, 4.69) is 13.8 Å². The van der Waals surface area contributed by atoms with E-state index in [9.17, 15) is 9.59 Å². The molecule has 0 bridgehead atoms. The predicted molar refractivity (Wildman–Crippen MR) is 69.6 cm³/mol. The molecular formula is C14H21NO2. The van der Waals surface area contributed by atoms with Crippen molar-refractivity contribution in [2.75, 3.05) is 0 Å². The van der Waals surface area contributed by atoms with Crippen molar-refractivity contribution >= 4 is 5.78 Å². The van der Waals surface area contributed by atoms with Gasteiger partial charge in [-0.25, -0.2) is 0 Å². The molecule has 0 saturated carbocycles. The van der Waals surface area contributed by atoms with Gasteiger partial charge in [-0.15, -0.1) is 0 Å². The van der Waals surface area contributed by atoms with Crippen molar-refractivity contribution in [3.05, 3.63) is 33.2 Å². The summed E-state index contributed by atoms with van der Waals surface area (Å²) in [7, 11) is 0. The molecule has 94 valence electrons. The molecule has 3 nitrogen and oxygen atoms in total. The number of hydrogen-bond donors (Lipinski definition) is 0. The molecule has 0 amide bonds. The Morgan fingerprint density at radius 2 is 1.94 bits per heavy atom. The van der Waals surface area contributed by atoms with E-state index < -0.39 is 0 Å². The zero-order valence-corrected chi connectivity index (χ0v) is 11.3. The highest BCUT2D eigenvalue weighted by atomic mass is 16.1. The molecule has 0 saturated heterocycles. The summed E-state index contributed by atoms with van der Waals surface area (Å²) in [6, 6.07) is 1.92. The van der Waals surface area contributed by atoms with Gasteiger partial charge in [-0.2, -0.15) is 0 Å². The van der Waals surface area contributed by atoms with Crippen LogP contribution in [0.1, 0.15) is 48.8 Å². The first-order valence-corrected chi connectivity index (χ1v) is 6.06. The standard InChI is InChI=1S/C14H21NO2/c1-9(2)6-7-15-11(4)8-10(3)13(12(5)16)14(15)17/h8-9H,6-7H2,1-5H3. The number of carbonyl (C=O) groups excluding carboxylic acids is 1. The third-order valence-corrected chi connectivity index (χ3v) is 2.99. The molecular weight excluding hydrogens is 214 g/mol. The topological polar surface area (TPSA) is 39.1 Å². The van der Waals surface area contributed by atoms with Crippen LogP contribution in [0.3, 0.4) is 0 Å². The van der Waals surface area contributed by atoms with Crippen molar-refractivity contribution in [1.29, 1.82) is 0 Å². The Bertz CT molecular complexity index is 484. The number of hydrogen-bond acceptors (Lipinski definition) is 2. The largest absolute Gasteiger partial charge is 0.312 e. The van der Waals surface area contributed by atoms with E-state index in [1.54, 1.807) is 4.57 Å². The van der Waals surface area contributed by atoms with Crippen LogP contribution in [-0.2, 0) is 6.54 Å². The Morgan fingerprint density at radius 3 is 2.41 bits per heavy atom. The van der Waals surface area contributed by atoms with E-state index in [1.165, 1.54) is 6.92 Å². The third-order valence-electron chi connectivity index (χ3n) is 2.99. The summed E-state index contributed by atoms with van der Waals surface area (Å²) in [5.41, 5.74) is 1.90. The van der Waals surface area contributed by atoms with Crippen molar-refractivity contribution in [2.24, 2.45) is 5.92 Å². The van der Waals surface area contributed by atoms with Crippen molar-refractivity contribution in [2.45, 2.75) is 47.6 Å². The number of aromatic nitrogens is 1. The fourth-order valence-electron chi connectivity index (χ4n) is 2.02. The Kier molecular flexibility index (Phi) is 4.27.